The molecule has 1 aromatic carbocycles. The lowest BCUT2D eigenvalue weighted by Crippen LogP contribution is -2.68. The molecule has 0 radical (unpaired) electrons. The molecular weight excluding hydrogens is 653 g/mol. The molecule has 6 aliphatic rings. The van der Waals surface area contributed by atoms with Gasteiger partial charge in [-0.25, -0.2) is 4.79 Å². The summed E-state index contributed by atoms with van der Waals surface area (Å²) in [4.78, 5) is 14.2. The number of fused-ring (bicyclic) bond motifs is 7. The number of benzene rings is 1. The summed E-state index contributed by atoms with van der Waals surface area (Å²) >= 11 is 0. The standard InChI is InChI=1S/C44H68N2O4S/c1-29(2)32-14-19-44(45-22-9-23-46-24-26-51(49,50)27-25-46)21-20-42(7)35(38(32)44)12-13-37-41(6)17-15-34(31-10-11-33(39(47)48)30(3)28-31)40(4,5)36(41)16-18-43(37,42)8/h10-11,15,28,32,35-38,45,49-50H,1,9,12-14,16-27H2,2-8H3,(H,47,48)/t32-,35+,36-,37+,38+,41-,42+,43+,44-/m0/s1. The predicted molar refractivity (Wildman–Crippen MR) is 212 cm³/mol. The van der Waals surface area contributed by atoms with Crippen molar-refractivity contribution in [3.8, 4) is 0 Å². The molecule has 0 unspecified atom stereocenters. The van der Waals surface area contributed by atoms with Gasteiger partial charge in [0.15, 0.2) is 0 Å². The highest BCUT2D eigenvalue weighted by atomic mass is 32.3. The van der Waals surface area contributed by atoms with Gasteiger partial charge in [-0.1, -0.05) is 65.0 Å². The average Bonchev–Trinajstić information content (AvgIpc) is 3.44. The molecule has 0 spiro atoms. The summed E-state index contributed by atoms with van der Waals surface area (Å²) in [6.45, 7) is 25.6. The van der Waals surface area contributed by atoms with E-state index in [9.17, 15) is 19.0 Å². The van der Waals surface area contributed by atoms with Crippen LogP contribution in [0.2, 0.25) is 0 Å². The van der Waals surface area contributed by atoms with E-state index in [0.717, 1.165) is 44.6 Å². The van der Waals surface area contributed by atoms with Crippen molar-refractivity contribution in [2.75, 3.05) is 37.7 Å². The summed E-state index contributed by atoms with van der Waals surface area (Å²) in [5.41, 5.74) is 6.30. The number of carboxylic acids is 1. The molecule has 6 nitrogen and oxygen atoms in total. The zero-order valence-corrected chi connectivity index (χ0v) is 33.6. The molecule has 7 rings (SSSR count). The summed E-state index contributed by atoms with van der Waals surface area (Å²) < 4.78 is 20.1. The summed E-state index contributed by atoms with van der Waals surface area (Å²) in [6, 6.07) is 5.98. The van der Waals surface area contributed by atoms with E-state index in [4.69, 9.17) is 0 Å². The first-order chi connectivity index (χ1) is 23.9. The minimum atomic E-state index is -2.34. The lowest BCUT2D eigenvalue weighted by Gasteiger charge is -2.72. The lowest BCUT2D eigenvalue weighted by atomic mass is 9.33. The van der Waals surface area contributed by atoms with Gasteiger partial charge in [0, 0.05) is 18.6 Å². The number of hydrogen-bond acceptors (Lipinski definition) is 5. The summed E-state index contributed by atoms with van der Waals surface area (Å²) in [5.74, 6) is 3.44. The van der Waals surface area contributed by atoms with Gasteiger partial charge >= 0.3 is 5.97 Å². The Labute approximate surface area is 310 Å². The van der Waals surface area contributed by atoms with Crippen LogP contribution in [0.4, 0.5) is 0 Å². The van der Waals surface area contributed by atoms with Crippen LogP contribution in [0, 0.1) is 58.2 Å². The third-order valence-corrected chi connectivity index (χ3v) is 18.7. The van der Waals surface area contributed by atoms with Crippen molar-refractivity contribution in [3.05, 3.63) is 53.1 Å². The van der Waals surface area contributed by atoms with Crippen molar-refractivity contribution in [3.63, 3.8) is 0 Å². The van der Waals surface area contributed by atoms with Gasteiger partial charge in [-0.3, -0.25) is 9.11 Å². The molecule has 5 fully saturated rings. The number of rotatable bonds is 8. The van der Waals surface area contributed by atoms with E-state index in [0.29, 0.717) is 57.5 Å². The molecule has 9 atom stereocenters. The zero-order valence-electron chi connectivity index (χ0n) is 32.8. The highest BCUT2D eigenvalue weighted by Gasteiger charge is 2.70. The fourth-order valence-corrected chi connectivity index (χ4v) is 15.6. The Morgan fingerprint density at radius 3 is 2.35 bits per heavy atom. The van der Waals surface area contributed by atoms with E-state index in [1.54, 1.807) is 0 Å². The van der Waals surface area contributed by atoms with Crippen molar-refractivity contribution in [2.45, 2.75) is 118 Å². The topological polar surface area (TPSA) is 93.0 Å². The second kappa shape index (κ2) is 13.0. The Hall–Kier alpha value is -1.64. The van der Waals surface area contributed by atoms with Crippen molar-refractivity contribution in [1.82, 2.24) is 10.2 Å². The highest BCUT2D eigenvalue weighted by molar-refractivity contribution is 8.24. The number of aromatic carboxylic acids is 1. The molecule has 5 aliphatic carbocycles. The first kappa shape index (κ1) is 37.7. The fraction of sp³-hybridized carbons (Fsp3) is 0.750. The molecule has 1 saturated heterocycles. The predicted octanol–water partition coefficient (Wildman–Crippen LogP) is 10.1. The van der Waals surface area contributed by atoms with Gasteiger partial charge in [-0.15, -0.1) is 0 Å². The fourth-order valence-electron chi connectivity index (χ4n) is 14.2. The minimum Gasteiger partial charge on any atom is -0.478 e. The van der Waals surface area contributed by atoms with E-state index < -0.39 is 16.6 Å². The molecule has 51 heavy (non-hydrogen) atoms. The lowest BCUT2D eigenvalue weighted by molar-refractivity contribution is -0.219. The Kier molecular flexibility index (Phi) is 9.60. The quantitative estimate of drug-likeness (QED) is 0.158. The SMILES string of the molecule is C=C(C)[C@@H]1CC[C@]2(NCCCN3CCS(O)(O)CC3)CC[C@]3(C)[C@H](CC[C@@H]4[C@@]5(C)CC=C(c6ccc(C(=O)O)c(C)c6)C(C)(C)[C@@H]5CC[C@]43C)[C@@H]12. The molecule has 1 aliphatic heterocycles. The first-order valence-corrected chi connectivity index (χ1v) is 22.2. The number of hydrogen-bond donors (Lipinski definition) is 4. The van der Waals surface area contributed by atoms with Crippen molar-refractivity contribution in [1.29, 1.82) is 0 Å². The zero-order chi connectivity index (χ0) is 36.8. The van der Waals surface area contributed by atoms with Crippen molar-refractivity contribution < 1.29 is 19.0 Å². The third-order valence-electron chi connectivity index (χ3n) is 17.0. The Morgan fingerprint density at radius 2 is 1.69 bits per heavy atom. The van der Waals surface area contributed by atoms with E-state index in [-0.39, 0.29) is 16.4 Å². The molecule has 0 bridgehead atoms. The maximum atomic E-state index is 11.8. The molecule has 4 saturated carbocycles. The van der Waals surface area contributed by atoms with E-state index in [1.807, 2.05) is 13.0 Å². The van der Waals surface area contributed by atoms with E-state index in [2.05, 4.69) is 76.5 Å². The number of nitrogens with one attached hydrogen (secondary N) is 1. The molecule has 284 valence electrons. The van der Waals surface area contributed by atoms with Crippen LogP contribution in [0.25, 0.3) is 5.57 Å². The Bertz CT molecular complexity index is 1580. The smallest absolute Gasteiger partial charge is 0.335 e. The van der Waals surface area contributed by atoms with Crippen LogP contribution >= 0.6 is 10.6 Å². The largest absolute Gasteiger partial charge is 0.478 e. The molecular formula is C44H68N2O4S. The van der Waals surface area contributed by atoms with E-state index >= 15 is 0 Å². The third kappa shape index (κ3) is 5.93. The maximum absolute atomic E-state index is 11.8. The number of carboxylic acid groups (broad SMARTS) is 1. The van der Waals surface area contributed by atoms with Crippen LogP contribution in [-0.4, -0.2) is 68.3 Å². The molecule has 7 heteroatoms. The number of carbonyl (C=O) groups is 1. The minimum absolute atomic E-state index is 0.0140. The molecule has 0 aromatic heterocycles. The summed E-state index contributed by atoms with van der Waals surface area (Å²) in [6.07, 6.45) is 15.1. The van der Waals surface area contributed by atoms with Crippen LogP contribution < -0.4 is 5.32 Å². The van der Waals surface area contributed by atoms with E-state index in [1.165, 1.54) is 68.1 Å². The van der Waals surface area contributed by atoms with Gasteiger partial charge in [0.05, 0.1) is 17.1 Å². The summed E-state index contributed by atoms with van der Waals surface area (Å²) in [7, 11) is -2.34. The van der Waals surface area contributed by atoms with Crippen LogP contribution in [0.1, 0.15) is 127 Å². The monoisotopic (exact) mass is 720 g/mol. The van der Waals surface area contributed by atoms with Gasteiger partial charge in [0.1, 0.15) is 0 Å². The highest BCUT2D eigenvalue weighted by Crippen LogP contribution is 2.76. The molecule has 4 N–H and O–H groups in total. The first-order valence-electron chi connectivity index (χ1n) is 20.3. The molecule has 1 heterocycles. The Morgan fingerprint density at radius 1 is 0.961 bits per heavy atom. The second-order valence-corrected chi connectivity index (χ2v) is 22.0. The van der Waals surface area contributed by atoms with Crippen LogP contribution in [0.5, 0.6) is 0 Å². The van der Waals surface area contributed by atoms with Gasteiger partial charge < -0.3 is 15.3 Å². The number of aryl methyl sites for hydroxylation is 1. The summed E-state index contributed by atoms with van der Waals surface area (Å²) in [5, 5.41) is 13.9. The van der Waals surface area contributed by atoms with Crippen molar-refractivity contribution in [2.24, 2.45) is 51.2 Å². The van der Waals surface area contributed by atoms with Crippen molar-refractivity contribution >= 4 is 22.1 Å². The second-order valence-electron chi connectivity index (χ2n) is 19.6. The van der Waals surface area contributed by atoms with Crippen LogP contribution in [-0.2, 0) is 0 Å². The number of nitrogens with zero attached hydrogens (tertiary/aromatic N) is 1. The van der Waals surface area contributed by atoms with Gasteiger partial charge in [0.25, 0.3) is 0 Å². The van der Waals surface area contributed by atoms with Crippen LogP contribution in [0.15, 0.2) is 36.4 Å². The van der Waals surface area contributed by atoms with Crippen LogP contribution in [0.3, 0.4) is 0 Å². The number of allylic oxidation sites excluding steroid dienone is 3. The maximum Gasteiger partial charge on any atom is 0.335 e. The molecule has 0 amide bonds. The van der Waals surface area contributed by atoms with Gasteiger partial charge in [0.2, 0.25) is 0 Å². The average molecular weight is 721 g/mol. The molecule has 1 aromatic rings. The normalized spacial score (nSPS) is 42.1. The van der Waals surface area contributed by atoms with Gasteiger partial charge in [-0.05, 0) is 165 Å². The van der Waals surface area contributed by atoms with Gasteiger partial charge in [-0.2, -0.15) is 10.6 Å². The Balaban J connectivity index is 1.12.